The number of nitrogens with zero attached hydrogens (tertiary/aromatic N) is 2. The minimum absolute atomic E-state index is 0.0561. The molecule has 0 N–H and O–H groups in total. The van der Waals surface area contributed by atoms with Gasteiger partial charge in [0.2, 0.25) is 0 Å². The van der Waals surface area contributed by atoms with Crippen molar-refractivity contribution in [1.29, 1.82) is 0 Å². The van der Waals surface area contributed by atoms with Gasteiger partial charge in [0.1, 0.15) is 5.69 Å². The number of amides is 1. The Morgan fingerprint density at radius 2 is 2.05 bits per heavy atom. The molecule has 1 aromatic carbocycles. The molecule has 20 heavy (non-hydrogen) atoms. The number of carbonyl (C=O) groups is 1. The summed E-state index contributed by atoms with van der Waals surface area (Å²) in [4.78, 5) is 18.9. The molecule has 0 aliphatic carbocycles. The van der Waals surface area contributed by atoms with Gasteiger partial charge in [-0.05, 0) is 42.3 Å². The van der Waals surface area contributed by atoms with Gasteiger partial charge >= 0.3 is 0 Å². The SMILES string of the molecule is CC1CCN(C(=O)c2nccc3ccc(Br)cc23)CC1. The maximum Gasteiger partial charge on any atom is 0.273 e. The lowest BCUT2D eigenvalue weighted by atomic mass is 9.98. The number of benzene rings is 1. The van der Waals surface area contributed by atoms with Crippen molar-refractivity contribution in [2.45, 2.75) is 19.8 Å². The molecule has 104 valence electrons. The van der Waals surface area contributed by atoms with Crippen LogP contribution in [0.5, 0.6) is 0 Å². The second kappa shape index (κ2) is 5.52. The third-order valence-electron chi connectivity index (χ3n) is 4.00. The largest absolute Gasteiger partial charge is 0.337 e. The van der Waals surface area contributed by atoms with Crippen LogP contribution >= 0.6 is 15.9 Å². The molecule has 1 aromatic heterocycles. The number of hydrogen-bond acceptors (Lipinski definition) is 2. The fraction of sp³-hybridized carbons (Fsp3) is 0.375. The third kappa shape index (κ3) is 2.57. The zero-order valence-electron chi connectivity index (χ0n) is 11.5. The number of aromatic nitrogens is 1. The molecule has 0 atom stereocenters. The van der Waals surface area contributed by atoms with Crippen LogP contribution in [-0.2, 0) is 0 Å². The van der Waals surface area contributed by atoms with Crippen molar-refractivity contribution in [2.24, 2.45) is 5.92 Å². The van der Waals surface area contributed by atoms with Crippen LogP contribution in [0.4, 0.5) is 0 Å². The topological polar surface area (TPSA) is 33.2 Å². The maximum atomic E-state index is 12.7. The maximum absolute atomic E-state index is 12.7. The summed E-state index contributed by atoms with van der Waals surface area (Å²) in [6, 6.07) is 7.91. The van der Waals surface area contributed by atoms with Gasteiger partial charge in [-0.25, -0.2) is 0 Å². The monoisotopic (exact) mass is 332 g/mol. The predicted octanol–water partition coefficient (Wildman–Crippen LogP) is 3.87. The van der Waals surface area contributed by atoms with Gasteiger partial charge < -0.3 is 4.90 Å². The van der Waals surface area contributed by atoms with E-state index in [1.54, 1.807) is 6.20 Å². The Morgan fingerprint density at radius 3 is 2.80 bits per heavy atom. The first kappa shape index (κ1) is 13.6. The van der Waals surface area contributed by atoms with Crippen LogP contribution in [0.15, 0.2) is 34.9 Å². The average molecular weight is 333 g/mol. The highest BCUT2D eigenvalue weighted by Crippen LogP contribution is 2.24. The summed E-state index contributed by atoms with van der Waals surface area (Å²) in [5.74, 6) is 0.772. The molecule has 0 radical (unpaired) electrons. The van der Waals surface area contributed by atoms with Crippen molar-refractivity contribution in [3.8, 4) is 0 Å². The van der Waals surface area contributed by atoms with Gasteiger partial charge in [-0.3, -0.25) is 9.78 Å². The molecular formula is C16H17BrN2O. The number of likely N-dealkylation sites (tertiary alicyclic amines) is 1. The van der Waals surface area contributed by atoms with Crippen LogP contribution in [0, 0.1) is 5.92 Å². The van der Waals surface area contributed by atoms with E-state index in [1.165, 1.54) is 0 Å². The molecule has 0 bridgehead atoms. The molecule has 3 nitrogen and oxygen atoms in total. The minimum Gasteiger partial charge on any atom is -0.337 e. The molecule has 4 heteroatoms. The van der Waals surface area contributed by atoms with Crippen LogP contribution in [-0.4, -0.2) is 28.9 Å². The second-order valence-electron chi connectivity index (χ2n) is 5.50. The summed E-state index contributed by atoms with van der Waals surface area (Å²) in [6.45, 7) is 3.92. The van der Waals surface area contributed by atoms with E-state index < -0.39 is 0 Å². The zero-order chi connectivity index (χ0) is 14.1. The summed E-state index contributed by atoms with van der Waals surface area (Å²) < 4.78 is 0.972. The highest BCUT2D eigenvalue weighted by atomic mass is 79.9. The van der Waals surface area contributed by atoms with E-state index in [1.807, 2.05) is 29.2 Å². The van der Waals surface area contributed by atoms with E-state index in [0.29, 0.717) is 11.6 Å². The summed E-state index contributed by atoms with van der Waals surface area (Å²) in [7, 11) is 0. The molecule has 3 rings (SSSR count). The number of piperidine rings is 1. The van der Waals surface area contributed by atoms with Crippen LogP contribution in [0.2, 0.25) is 0 Å². The number of halogens is 1. The van der Waals surface area contributed by atoms with Crippen LogP contribution < -0.4 is 0 Å². The lowest BCUT2D eigenvalue weighted by molar-refractivity contribution is 0.0693. The molecule has 0 spiro atoms. The van der Waals surface area contributed by atoms with Crippen LogP contribution in [0.25, 0.3) is 10.8 Å². The van der Waals surface area contributed by atoms with Gasteiger partial charge in [0.25, 0.3) is 5.91 Å². The highest BCUT2D eigenvalue weighted by Gasteiger charge is 2.23. The van der Waals surface area contributed by atoms with Gasteiger partial charge in [0.15, 0.2) is 0 Å². The number of pyridine rings is 1. The fourth-order valence-corrected chi connectivity index (χ4v) is 3.03. The van der Waals surface area contributed by atoms with E-state index in [2.05, 4.69) is 27.8 Å². The van der Waals surface area contributed by atoms with E-state index >= 15 is 0 Å². The standard InChI is InChI=1S/C16H17BrN2O/c1-11-5-8-19(9-6-11)16(20)15-14-10-13(17)3-2-12(14)4-7-18-15/h2-4,7,10-11H,5-6,8-9H2,1H3. The Morgan fingerprint density at radius 1 is 1.30 bits per heavy atom. The lowest BCUT2D eigenvalue weighted by Crippen LogP contribution is -2.38. The molecule has 2 aromatic rings. The van der Waals surface area contributed by atoms with E-state index in [9.17, 15) is 4.79 Å². The van der Waals surface area contributed by atoms with Crippen molar-refractivity contribution < 1.29 is 4.79 Å². The molecular weight excluding hydrogens is 316 g/mol. The average Bonchev–Trinajstić information content (AvgIpc) is 2.46. The number of fused-ring (bicyclic) bond motifs is 1. The summed E-state index contributed by atoms with van der Waals surface area (Å²) in [5.41, 5.74) is 0.568. The molecule has 1 fully saturated rings. The molecule has 1 saturated heterocycles. The van der Waals surface area contributed by atoms with Crippen molar-refractivity contribution >= 4 is 32.6 Å². The number of carbonyl (C=O) groups excluding carboxylic acids is 1. The van der Waals surface area contributed by atoms with Gasteiger partial charge in [-0.15, -0.1) is 0 Å². The summed E-state index contributed by atoms with van der Waals surface area (Å²) >= 11 is 3.47. The Kier molecular flexibility index (Phi) is 3.74. The molecule has 1 aliphatic heterocycles. The van der Waals surface area contributed by atoms with E-state index in [-0.39, 0.29) is 5.91 Å². The molecule has 1 aliphatic rings. The van der Waals surface area contributed by atoms with Gasteiger partial charge in [0, 0.05) is 29.1 Å². The van der Waals surface area contributed by atoms with Crippen molar-refractivity contribution in [3.63, 3.8) is 0 Å². The molecule has 2 heterocycles. The first-order valence-corrected chi connectivity index (χ1v) is 7.78. The third-order valence-corrected chi connectivity index (χ3v) is 4.49. The quantitative estimate of drug-likeness (QED) is 0.794. The van der Waals surface area contributed by atoms with Crippen LogP contribution in [0.3, 0.4) is 0 Å². The Bertz CT molecular complexity index is 648. The predicted molar refractivity (Wildman–Crippen MR) is 83.7 cm³/mol. The normalized spacial score (nSPS) is 16.6. The zero-order valence-corrected chi connectivity index (χ0v) is 13.1. The van der Waals surface area contributed by atoms with Gasteiger partial charge in [0.05, 0.1) is 0 Å². The summed E-state index contributed by atoms with van der Waals surface area (Å²) in [5, 5.41) is 1.97. The molecule has 1 amide bonds. The second-order valence-corrected chi connectivity index (χ2v) is 6.42. The smallest absolute Gasteiger partial charge is 0.273 e. The molecule has 0 saturated carbocycles. The minimum atomic E-state index is 0.0561. The van der Waals surface area contributed by atoms with Gasteiger partial charge in [-0.1, -0.05) is 28.9 Å². The Balaban J connectivity index is 1.97. The van der Waals surface area contributed by atoms with Gasteiger partial charge in [-0.2, -0.15) is 0 Å². The fourth-order valence-electron chi connectivity index (χ4n) is 2.67. The highest BCUT2D eigenvalue weighted by molar-refractivity contribution is 9.10. The number of hydrogen-bond donors (Lipinski definition) is 0. The Hall–Kier alpha value is -1.42. The Labute approximate surface area is 127 Å². The number of rotatable bonds is 1. The first-order chi connectivity index (χ1) is 9.65. The van der Waals surface area contributed by atoms with E-state index in [0.717, 1.165) is 41.2 Å². The van der Waals surface area contributed by atoms with Crippen molar-refractivity contribution in [2.75, 3.05) is 13.1 Å². The summed E-state index contributed by atoms with van der Waals surface area (Å²) in [6.07, 6.45) is 3.89. The lowest BCUT2D eigenvalue weighted by Gasteiger charge is -2.30. The molecule has 0 unspecified atom stereocenters. The van der Waals surface area contributed by atoms with Crippen LogP contribution in [0.1, 0.15) is 30.3 Å². The van der Waals surface area contributed by atoms with Crippen molar-refractivity contribution in [1.82, 2.24) is 9.88 Å². The van der Waals surface area contributed by atoms with E-state index in [4.69, 9.17) is 0 Å². The first-order valence-electron chi connectivity index (χ1n) is 6.98. The van der Waals surface area contributed by atoms with Crippen molar-refractivity contribution in [3.05, 3.63) is 40.6 Å².